The number of hydrogen-bond donors (Lipinski definition) is 0. The zero-order valence-electron chi connectivity index (χ0n) is 74.3. The van der Waals surface area contributed by atoms with E-state index >= 15 is 0 Å². The van der Waals surface area contributed by atoms with Crippen LogP contribution in [0.25, 0.3) is 89.5 Å². The Bertz CT molecular complexity index is 5290. The lowest BCUT2D eigenvalue weighted by Crippen LogP contribution is -2.30. The number of aryl methyl sites for hydroxylation is 9. The summed E-state index contributed by atoms with van der Waals surface area (Å²) in [5, 5.41) is 0. The van der Waals surface area contributed by atoms with Crippen molar-refractivity contribution < 1.29 is 29.2 Å². The minimum absolute atomic E-state index is 0.506. The predicted octanol–water partition coefficient (Wildman–Crippen LogP) is 24.7. The molecule has 4 heteroatoms. The van der Waals surface area contributed by atoms with Crippen molar-refractivity contribution in [2.45, 2.75) is 173 Å². The zero-order chi connectivity index (χ0) is 82.2. The van der Waals surface area contributed by atoms with Gasteiger partial charge in [-0.1, -0.05) is 264 Å². The fourth-order valence-electron chi connectivity index (χ4n) is 15.5. The summed E-state index contributed by atoms with van der Waals surface area (Å²) in [5.74, 6) is 0.173. The summed E-state index contributed by atoms with van der Waals surface area (Å²) in [4.78, 5) is 0. The van der Waals surface area contributed by atoms with E-state index in [1.807, 2.05) is 123 Å². The largest absolute Gasteiger partial charge is 0.212 e. The highest BCUT2D eigenvalue weighted by Gasteiger charge is 2.23. The molecule has 0 N–H and O–H groups in total. The molecule has 4 nitrogen and oxygen atoms in total. The molecule has 8 aromatic carbocycles. The molecule has 0 bridgehead atoms. The van der Waals surface area contributed by atoms with Crippen molar-refractivity contribution >= 4 is 0 Å². The van der Waals surface area contributed by atoms with E-state index in [1.165, 1.54) is 160 Å². The summed E-state index contributed by atoms with van der Waals surface area (Å²) in [6.45, 7) is 20.8. The number of benzene rings is 8. The maximum absolute atomic E-state index is 8.89. The molecule has 4 heterocycles. The number of pyridine rings is 4. The highest BCUT2D eigenvalue weighted by atomic mass is 14.9. The van der Waals surface area contributed by atoms with Crippen molar-refractivity contribution in [1.29, 1.82) is 0 Å². The Balaban J connectivity index is 0.000000151. The maximum atomic E-state index is 8.89. The normalized spacial score (nSPS) is 15.2. The van der Waals surface area contributed by atoms with E-state index in [2.05, 4.69) is 242 Å². The standard InChI is InChI=1S/C29H38N.2C25H28N.C23H26N/c1-21-11-9-10-12-26(21)27-14-13-24(20-30(27)8)25-16-22(18-28(2,3)4)15-23(17-25)19-29(5,6)7;1-19-8-3-6-13-24(19)25-15-14-23(18-26(25)2)22-12-7-11-21(17-22)16-20-9-4-5-10-20;1-19-7-3-6-10-24(19)25-16-15-23(18-26(25)2)22-13-11-21(12-14-22)17-20-8-4-5-9-20;1-16(2)21-12-10-19(14-18(21)4)20-11-13-23(24(5)15-20)22-9-7-6-8-17(22)3/h9-17,20H,18-19H2,1-8H3;3,6-8,11-15,17-18,20H,4-5,9-10,16H2,1-2H3;3,6-7,10-16,18,20H,4-5,8-9,17H2,1-2H3;6-16H,1-5H3/q4*+1/i18D2,19D2;;;1D3,16D. The smallest absolute Gasteiger partial charge is 0.200 e. The molecule has 0 aliphatic heterocycles. The highest BCUT2D eigenvalue weighted by molar-refractivity contribution is 5.71. The summed E-state index contributed by atoms with van der Waals surface area (Å²) in [5.41, 5.74) is 27.8. The van der Waals surface area contributed by atoms with Gasteiger partial charge in [0.15, 0.2) is 24.8 Å². The summed E-state index contributed by atoms with van der Waals surface area (Å²) < 4.78 is 75.6. The minimum Gasteiger partial charge on any atom is -0.200 e. The fraction of sp³-hybridized carbons (Fsp3) is 0.333. The van der Waals surface area contributed by atoms with Crippen molar-refractivity contribution in [3.63, 3.8) is 0 Å². The Morgan fingerprint density at radius 2 is 0.670 bits per heavy atom. The Labute approximate surface area is 649 Å². The lowest BCUT2D eigenvalue weighted by atomic mass is 9.83. The summed E-state index contributed by atoms with van der Waals surface area (Å²) in [7, 11) is 8.33. The van der Waals surface area contributed by atoms with Crippen molar-refractivity contribution in [3.05, 3.63) is 311 Å². The van der Waals surface area contributed by atoms with Crippen molar-refractivity contribution in [3.8, 4) is 89.5 Å². The van der Waals surface area contributed by atoms with Gasteiger partial charge in [0.1, 0.15) is 28.2 Å². The maximum Gasteiger partial charge on any atom is 0.212 e. The van der Waals surface area contributed by atoms with Crippen LogP contribution in [0.5, 0.6) is 0 Å². The van der Waals surface area contributed by atoms with Gasteiger partial charge in [-0.3, -0.25) is 0 Å². The average Bonchev–Trinajstić information content (AvgIpc) is 0.800. The molecule has 106 heavy (non-hydrogen) atoms. The molecule has 0 radical (unpaired) electrons. The molecule has 544 valence electrons. The number of hydrogen-bond acceptors (Lipinski definition) is 0. The third-order valence-corrected chi connectivity index (χ3v) is 21.0. The molecule has 2 aliphatic carbocycles. The molecule has 2 aliphatic rings. The molecule has 1 atom stereocenters. The predicted molar refractivity (Wildman–Crippen MR) is 449 cm³/mol. The molecular weight excluding hydrogens is 1280 g/mol. The van der Waals surface area contributed by atoms with Gasteiger partial charge in [-0.05, 0) is 215 Å². The molecule has 0 saturated heterocycles. The first kappa shape index (κ1) is 67.0. The summed E-state index contributed by atoms with van der Waals surface area (Å²) in [6, 6.07) is 80.6. The van der Waals surface area contributed by atoms with Crippen LogP contribution >= 0.6 is 0 Å². The molecular formula is C102H120N4+4. The van der Waals surface area contributed by atoms with Crippen molar-refractivity contribution in [2.75, 3.05) is 0 Å². The van der Waals surface area contributed by atoms with E-state index in [0.717, 1.165) is 51.0 Å². The summed E-state index contributed by atoms with van der Waals surface area (Å²) in [6.07, 6.45) is 19.2. The Hall–Kier alpha value is -9.64. The van der Waals surface area contributed by atoms with Gasteiger partial charge in [0.05, 0.1) is 0 Å². The number of rotatable bonds is 15. The van der Waals surface area contributed by atoms with Crippen molar-refractivity contribution in [1.82, 2.24) is 0 Å². The van der Waals surface area contributed by atoms with Gasteiger partial charge < -0.3 is 0 Å². The van der Waals surface area contributed by atoms with Gasteiger partial charge in [0, 0.05) is 79.7 Å². The van der Waals surface area contributed by atoms with Gasteiger partial charge in [-0.2, -0.15) is 0 Å². The molecule has 12 aromatic rings. The Morgan fingerprint density at radius 1 is 0.340 bits per heavy atom. The second-order valence-electron chi connectivity index (χ2n) is 32.2. The zero-order valence-corrected chi connectivity index (χ0v) is 66.3. The molecule has 1 unspecified atom stereocenters. The van der Waals surface area contributed by atoms with Gasteiger partial charge in [-0.25, -0.2) is 18.3 Å². The van der Waals surface area contributed by atoms with Crippen LogP contribution in [0.4, 0.5) is 0 Å². The topological polar surface area (TPSA) is 15.5 Å². The first-order chi connectivity index (χ1) is 53.9. The number of nitrogens with zero attached hydrogens (tertiary/aromatic N) is 4. The SMILES string of the molecule is Cc1ccccc1-c1ccc(-c2ccc(CC3CCCC3)cc2)c[n+]1C.Cc1ccccc1-c1ccc(-c2cccc(CC3CCCC3)c2)c[n+]1C.[2H]C([2H])([2H])C([2H])(C)c1ccc(-c2ccc(-c3ccccc3C)[n+](C)c2)cc1C.[2H]C([2H])(c1cc(-c2ccc(-c3ccccc3C)[n+](C)c2)cc(C([2H])([2H])C(C)(C)C)c1)C(C)(C)C. The molecule has 0 spiro atoms. The van der Waals surface area contributed by atoms with Crippen LogP contribution in [0.3, 0.4) is 0 Å². The van der Waals surface area contributed by atoms with E-state index in [0.29, 0.717) is 16.7 Å². The quantitative estimate of drug-likeness (QED) is 0.0909. The van der Waals surface area contributed by atoms with Crippen LogP contribution in [0.1, 0.15) is 179 Å². The van der Waals surface area contributed by atoms with Crippen LogP contribution in [-0.4, -0.2) is 0 Å². The van der Waals surface area contributed by atoms with Gasteiger partial charge in [0.25, 0.3) is 0 Å². The molecule has 2 fully saturated rings. The van der Waals surface area contributed by atoms with Crippen LogP contribution < -0.4 is 18.3 Å². The minimum atomic E-state index is -2.37. The molecule has 2 saturated carbocycles. The second-order valence-corrected chi connectivity index (χ2v) is 32.2. The highest BCUT2D eigenvalue weighted by Crippen LogP contribution is 2.36. The average molecular weight is 1410 g/mol. The Kier molecular flexibility index (Phi) is 22.2. The van der Waals surface area contributed by atoms with Crippen LogP contribution in [0, 0.1) is 57.3 Å². The van der Waals surface area contributed by atoms with E-state index in [4.69, 9.17) is 11.0 Å². The fourth-order valence-corrected chi connectivity index (χ4v) is 15.5. The summed E-state index contributed by atoms with van der Waals surface area (Å²) >= 11 is 0. The van der Waals surface area contributed by atoms with E-state index in [-0.39, 0.29) is 0 Å². The lowest BCUT2D eigenvalue weighted by Gasteiger charge is -2.22. The second kappa shape index (κ2) is 35.2. The monoisotopic (exact) mass is 1410 g/mol. The Morgan fingerprint density at radius 3 is 1.03 bits per heavy atom. The van der Waals surface area contributed by atoms with E-state index in [1.54, 1.807) is 12.1 Å². The van der Waals surface area contributed by atoms with E-state index in [9.17, 15) is 0 Å². The van der Waals surface area contributed by atoms with Crippen molar-refractivity contribution in [2.24, 2.45) is 50.9 Å². The van der Waals surface area contributed by atoms with Gasteiger partial charge in [-0.15, -0.1) is 0 Å². The van der Waals surface area contributed by atoms with Crippen LogP contribution in [-0.2, 0) is 53.8 Å². The first-order valence-corrected chi connectivity index (χ1v) is 38.6. The molecule has 0 amide bonds. The first-order valence-electron chi connectivity index (χ1n) is 42.6. The number of aromatic nitrogens is 4. The van der Waals surface area contributed by atoms with Gasteiger partial charge in [0.2, 0.25) is 22.8 Å². The van der Waals surface area contributed by atoms with E-state index < -0.39 is 36.3 Å². The lowest BCUT2D eigenvalue weighted by molar-refractivity contribution is -0.660. The molecule has 14 rings (SSSR count). The third kappa shape index (κ3) is 20.7. The third-order valence-electron chi connectivity index (χ3n) is 21.0. The molecule has 4 aromatic heterocycles. The van der Waals surface area contributed by atoms with Gasteiger partial charge >= 0.3 is 0 Å². The van der Waals surface area contributed by atoms with Crippen LogP contribution in [0.2, 0.25) is 0 Å². The van der Waals surface area contributed by atoms with Crippen LogP contribution in [0.15, 0.2) is 255 Å².